The zero-order valence-electron chi connectivity index (χ0n) is 16.2. The molecule has 0 bridgehead atoms. The molecule has 3 rings (SSSR count). The molecule has 0 atom stereocenters. The summed E-state index contributed by atoms with van der Waals surface area (Å²) < 4.78 is 3.16. The first-order valence-electron chi connectivity index (χ1n) is 8.99. The van der Waals surface area contributed by atoms with Gasteiger partial charge in [-0.1, -0.05) is 23.2 Å². The summed E-state index contributed by atoms with van der Waals surface area (Å²) in [5.74, 6) is -0.338. The van der Waals surface area contributed by atoms with E-state index < -0.39 is 0 Å². The van der Waals surface area contributed by atoms with Crippen molar-refractivity contribution in [2.75, 3.05) is 23.3 Å². The number of aromatic nitrogens is 2. The lowest BCUT2D eigenvalue weighted by Gasteiger charge is -2.24. The van der Waals surface area contributed by atoms with Crippen LogP contribution >= 0.6 is 23.2 Å². The van der Waals surface area contributed by atoms with Crippen molar-refractivity contribution in [3.05, 3.63) is 56.4 Å². The van der Waals surface area contributed by atoms with E-state index in [1.807, 2.05) is 26.0 Å². The average Bonchev–Trinajstić information content (AvgIpc) is 2.86. The van der Waals surface area contributed by atoms with Crippen LogP contribution in [0.15, 0.2) is 35.1 Å². The summed E-state index contributed by atoms with van der Waals surface area (Å²) in [4.78, 5) is 27.3. The molecule has 3 aromatic rings. The summed E-state index contributed by atoms with van der Waals surface area (Å²) in [5.41, 5.74) is 3.21. The normalized spacial score (nSPS) is 11.1. The van der Waals surface area contributed by atoms with E-state index >= 15 is 0 Å². The van der Waals surface area contributed by atoms with Crippen LogP contribution in [0, 0.1) is 0 Å². The SMILES string of the molecule is CCN(CC)c1cc2c(cc1NC(=O)c1ccc(Cl)cc1Cl)n(C)c(=O)n2C. The zero-order chi connectivity index (χ0) is 20.6. The van der Waals surface area contributed by atoms with Crippen molar-refractivity contribution < 1.29 is 4.79 Å². The lowest BCUT2D eigenvalue weighted by atomic mass is 10.1. The highest BCUT2D eigenvalue weighted by molar-refractivity contribution is 6.37. The molecule has 0 spiro atoms. The Bertz CT molecular complexity index is 1110. The minimum Gasteiger partial charge on any atom is -0.370 e. The van der Waals surface area contributed by atoms with Crippen LogP contribution < -0.4 is 15.9 Å². The van der Waals surface area contributed by atoms with Crippen molar-refractivity contribution in [1.82, 2.24) is 9.13 Å². The lowest BCUT2D eigenvalue weighted by molar-refractivity contribution is 0.102. The average molecular weight is 421 g/mol. The van der Waals surface area contributed by atoms with Gasteiger partial charge < -0.3 is 10.2 Å². The van der Waals surface area contributed by atoms with Gasteiger partial charge >= 0.3 is 5.69 Å². The Kier molecular flexibility index (Phi) is 5.72. The molecule has 0 radical (unpaired) electrons. The standard InChI is InChI=1S/C20H22Cl2N4O2/c1-5-26(6-2)16-11-18-17(24(3)20(28)25(18)4)10-15(16)23-19(27)13-8-7-12(21)9-14(13)22/h7-11H,5-6H2,1-4H3,(H,23,27). The zero-order valence-corrected chi connectivity index (χ0v) is 17.7. The molecule has 28 heavy (non-hydrogen) atoms. The number of carbonyl (C=O) groups excluding carboxylic acids is 1. The Hall–Kier alpha value is -2.44. The van der Waals surface area contributed by atoms with Crippen LogP contribution in [0.4, 0.5) is 11.4 Å². The Morgan fingerprint density at radius 2 is 1.64 bits per heavy atom. The van der Waals surface area contributed by atoms with Gasteiger partial charge in [-0.2, -0.15) is 0 Å². The predicted molar refractivity (Wildman–Crippen MR) is 116 cm³/mol. The highest BCUT2D eigenvalue weighted by Gasteiger charge is 2.19. The largest absolute Gasteiger partial charge is 0.370 e. The summed E-state index contributed by atoms with van der Waals surface area (Å²) in [6.45, 7) is 5.60. The van der Waals surface area contributed by atoms with Crippen molar-refractivity contribution >= 4 is 51.5 Å². The molecule has 0 saturated heterocycles. The number of anilines is 2. The van der Waals surface area contributed by atoms with Crippen molar-refractivity contribution in [1.29, 1.82) is 0 Å². The van der Waals surface area contributed by atoms with E-state index in [2.05, 4.69) is 10.2 Å². The van der Waals surface area contributed by atoms with Gasteiger partial charge in [0.05, 0.1) is 33.0 Å². The number of carbonyl (C=O) groups is 1. The third-order valence-corrected chi connectivity index (χ3v) is 5.47. The van der Waals surface area contributed by atoms with E-state index in [4.69, 9.17) is 23.2 Å². The highest BCUT2D eigenvalue weighted by atomic mass is 35.5. The molecule has 0 aliphatic heterocycles. The fraction of sp³-hybridized carbons (Fsp3) is 0.300. The van der Waals surface area contributed by atoms with E-state index in [1.165, 1.54) is 6.07 Å². The molecule has 1 N–H and O–H groups in total. The van der Waals surface area contributed by atoms with Gasteiger partial charge in [-0.15, -0.1) is 0 Å². The summed E-state index contributed by atoms with van der Waals surface area (Å²) in [7, 11) is 3.45. The molecule has 0 aliphatic carbocycles. The van der Waals surface area contributed by atoms with Crippen LogP contribution in [-0.2, 0) is 14.1 Å². The number of nitrogens with zero attached hydrogens (tertiary/aromatic N) is 3. The first-order chi connectivity index (χ1) is 13.3. The van der Waals surface area contributed by atoms with Crippen LogP contribution in [0.1, 0.15) is 24.2 Å². The van der Waals surface area contributed by atoms with E-state index in [0.29, 0.717) is 16.3 Å². The Balaban J connectivity index is 2.14. The summed E-state index contributed by atoms with van der Waals surface area (Å²) in [6, 6.07) is 8.51. The van der Waals surface area contributed by atoms with Crippen molar-refractivity contribution in [3.63, 3.8) is 0 Å². The summed E-state index contributed by atoms with van der Waals surface area (Å²) >= 11 is 12.1. The maximum atomic E-state index is 12.9. The van der Waals surface area contributed by atoms with Crippen molar-refractivity contribution in [2.24, 2.45) is 14.1 Å². The third kappa shape index (κ3) is 3.50. The number of aryl methyl sites for hydroxylation is 2. The molecular formula is C20H22Cl2N4O2. The highest BCUT2D eigenvalue weighted by Crippen LogP contribution is 2.32. The number of nitrogens with one attached hydrogen (secondary N) is 1. The van der Waals surface area contributed by atoms with E-state index in [1.54, 1.807) is 35.4 Å². The molecule has 0 saturated carbocycles. The second-order valence-corrected chi connectivity index (χ2v) is 7.35. The number of imidazole rings is 1. The molecule has 1 heterocycles. The molecule has 1 amide bonds. The number of benzene rings is 2. The molecule has 8 heteroatoms. The molecule has 0 fully saturated rings. The van der Waals surface area contributed by atoms with Gasteiger partial charge in [-0.05, 0) is 44.2 Å². The molecule has 2 aromatic carbocycles. The number of halogens is 2. The van der Waals surface area contributed by atoms with E-state index in [-0.39, 0.29) is 16.6 Å². The van der Waals surface area contributed by atoms with Gasteiger partial charge in [0.25, 0.3) is 5.91 Å². The number of fused-ring (bicyclic) bond motifs is 1. The molecule has 148 valence electrons. The quantitative estimate of drug-likeness (QED) is 0.669. The number of amides is 1. The van der Waals surface area contributed by atoms with E-state index in [9.17, 15) is 9.59 Å². The second kappa shape index (κ2) is 7.89. The van der Waals surface area contributed by atoms with E-state index in [0.717, 1.165) is 29.8 Å². The van der Waals surface area contributed by atoms with Gasteiger partial charge in [-0.3, -0.25) is 13.9 Å². The second-order valence-electron chi connectivity index (χ2n) is 6.51. The minimum atomic E-state index is -0.338. The van der Waals surface area contributed by atoms with Gasteiger partial charge in [0.15, 0.2) is 0 Å². The fourth-order valence-corrected chi connectivity index (χ4v) is 3.82. The number of hydrogen-bond acceptors (Lipinski definition) is 3. The molecule has 6 nitrogen and oxygen atoms in total. The lowest BCUT2D eigenvalue weighted by Crippen LogP contribution is -2.24. The minimum absolute atomic E-state index is 0.121. The first kappa shape index (κ1) is 20.3. The van der Waals surface area contributed by atoms with Gasteiger partial charge in [0.1, 0.15) is 0 Å². The summed E-state index contributed by atoms with van der Waals surface area (Å²) in [6.07, 6.45) is 0. The van der Waals surface area contributed by atoms with Gasteiger partial charge in [0.2, 0.25) is 0 Å². The molecule has 1 aromatic heterocycles. The monoisotopic (exact) mass is 420 g/mol. The third-order valence-electron chi connectivity index (χ3n) is 4.92. The van der Waals surface area contributed by atoms with Crippen LogP contribution in [0.2, 0.25) is 10.0 Å². The maximum Gasteiger partial charge on any atom is 0.328 e. The predicted octanol–water partition coefficient (Wildman–Crippen LogP) is 4.28. The van der Waals surface area contributed by atoms with Crippen LogP contribution in [-0.4, -0.2) is 28.1 Å². The maximum absolute atomic E-state index is 12.9. The van der Waals surface area contributed by atoms with Crippen molar-refractivity contribution in [3.8, 4) is 0 Å². The first-order valence-corrected chi connectivity index (χ1v) is 9.74. The topological polar surface area (TPSA) is 59.3 Å². The summed E-state index contributed by atoms with van der Waals surface area (Å²) in [5, 5.41) is 3.70. The molecule has 0 unspecified atom stereocenters. The smallest absolute Gasteiger partial charge is 0.328 e. The van der Waals surface area contributed by atoms with Gasteiger partial charge in [-0.25, -0.2) is 4.79 Å². The Morgan fingerprint density at radius 1 is 1.04 bits per heavy atom. The number of rotatable bonds is 5. The van der Waals surface area contributed by atoms with Crippen molar-refractivity contribution in [2.45, 2.75) is 13.8 Å². The Labute approximate surface area is 173 Å². The van der Waals surface area contributed by atoms with Crippen LogP contribution in [0.3, 0.4) is 0 Å². The number of hydrogen-bond donors (Lipinski definition) is 1. The van der Waals surface area contributed by atoms with Crippen LogP contribution in [0.25, 0.3) is 11.0 Å². The Morgan fingerprint density at radius 3 is 2.21 bits per heavy atom. The van der Waals surface area contributed by atoms with Crippen LogP contribution in [0.5, 0.6) is 0 Å². The molecule has 0 aliphatic rings. The molecular weight excluding hydrogens is 399 g/mol. The fourth-order valence-electron chi connectivity index (χ4n) is 3.32. The van der Waals surface area contributed by atoms with Gasteiger partial charge in [0, 0.05) is 32.2 Å².